The van der Waals surface area contributed by atoms with E-state index >= 15 is 0 Å². The maximum absolute atomic E-state index is 8.65. The first kappa shape index (κ1) is 17.4. The largest absolute Gasteiger partial charge is 0.456 e. The maximum atomic E-state index is 8.65. The van der Waals surface area contributed by atoms with Crippen molar-refractivity contribution in [2.24, 2.45) is 0 Å². The molecule has 0 aliphatic heterocycles. The molecule has 0 saturated heterocycles. The number of benzene rings is 7. The van der Waals surface area contributed by atoms with E-state index in [4.69, 9.17) is 11.3 Å². The molecule has 0 saturated carbocycles. The van der Waals surface area contributed by atoms with Crippen molar-refractivity contribution < 1.29 is 11.3 Å². The molecule has 1 heteroatoms. The van der Waals surface area contributed by atoms with Gasteiger partial charge in [-0.15, -0.1) is 0 Å². The lowest BCUT2D eigenvalue weighted by molar-refractivity contribution is 0.669. The Morgan fingerprint density at radius 3 is 1.72 bits per heavy atom. The van der Waals surface area contributed by atoms with Crippen LogP contribution in [0.4, 0.5) is 0 Å². The van der Waals surface area contributed by atoms with E-state index < -0.39 is 6.04 Å². The molecule has 0 fully saturated rings. The van der Waals surface area contributed by atoms with Crippen molar-refractivity contribution in [2.45, 2.75) is 0 Å². The van der Waals surface area contributed by atoms with Gasteiger partial charge in [0.05, 0.1) is 6.85 Å². The molecular formula is C38H24O. The van der Waals surface area contributed by atoms with Gasteiger partial charge in [0.15, 0.2) is 0 Å². The minimum Gasteiger partial charge on any atom is -0.456 e. The Balaban J connectivity index is 1.47. The third-order valence-corrected chi connectivity index (χ3v) is 7.55. The highest BCUT2D eigenvalue weighted by Gasteiger charge is 2.18. The summed E-state index contributed by atoms with van der Waals surface area (Å²) >= 11 is 0. The molecule has 0 radical (unpaired) electrons. The molecule has 182 valence electrons. The van der Waals surface area contributed by atoms with E-state index in [0.717, 1.165) is 49.0 Å². The van der Waals surface area contributed by atoms with Gasteiger partial charge in [-0.3, -0.25) is 0 Å². The zero-order valence-electron chi connectivity index (χ0n) is 25.9. The second-order valence-electron chi connectivity index (χ2n) is 9.70. The van der Waals surface area contributed by atoms with Crippen LogP contribution in [0.25, 0.3) is 76.9 Å². The molecule has 0 amide bonds. The first-order chi connectivity index (χ1) is 21.4. The van der Waals surface area contributed by atoms with E-state index in [1.807, 2.05) is 18.2 Å². The van der Waals surface area contributed by atoms with Gasteiger partial charge in [-0.05, 0) is 73.1 Å². The minimum absolute atomic E-state index is 0.165. The highest BCUT2D eigenvalue weighted by Crippen LogP contribution is 2.45. The van der Waals surface area contributed by atoms with E-state index in [1.165, 1.54) is 5.56 Å². The van der Waals surface area contributed by atoms with Crippen LogP contribution in [0.5, 0.6) is 0 Å². The van der Waals surface area contributed by atoms with Crippen LogP contribution in [0.15, 0.2) is 150 Å². The molecule has 0 bridgehead atoms. The van der Waals surface area contributed by atoms with Crippen molar-refractivity contribution in [3.8, 4) is 33.4 Å². The normalized spacial score (nSPS) is 13.4. The Morgan fingerprint density at radius 2 is 1.05 bits per heavy atom. The first-order valence-corrected chi connectivity index (χ1v) is 13.0. The highest BCUT2D eigenvalue weighted by atomic mass is 16.3. The van der Waals surface area contributed by atoms with Crippen LogP contribution in [0.2, 0.25) is 0 Å². The van der Waals surface area contributed by atoms with Gasteiger partial charge in [0.2, 0.25) is 0 Å². The van der Waals surface area contributed by atoms with E-state index in [1.54, 1.807) is 12.1 Å². The van der Waals surface area contributed by atoms with Crippen molar-refractivity contribution in [2.75, 3.05) is 0 Å². The average Bonchev–Trinajstić information content (AvgIpc) is 3.44. The van der Waals surface area contributed by atoms with Crippen molar-refractivity contribution in [1.29, 1.82) is 0 Å². The lowest BCUT2D eigenvalue weighted by Gasteiger charge is -2.17. The summed E-state index contributed by atoms with van der Waals surface area (Å²) in [7, 11) is 0. The van der Waals surface area contributed by atoms with Crippen LogP contribution in [0.3, 0.4) is 0 Å². The summed E-state index contributed by atoms with van der Waals surface area (Å²) in [4.78, 5) is 0. The molecule has 8 aromatic rings. The number of hydrogen-bond acceptors (Lipinski definition) is 1. The maximum Gasteiger partial charge on any atom is 0.136 e. The highest BCUT2D eigenvalue weighted by molar-refractivity contribution is 6.22. The molecule has 8 rings (SSSR count). The smallest absolute Gasteiger partial charge is 0.136 e. The predicted octanol–water partition coefficient (Wildman–Crippen LogP) is 10.9. The van der Waals surface area contributed by atoms with E-state index in [-0.39, 0.29) is 29.7 Å². The van der Waals surface area contributed by atoms with Gasteiger partial charge in [0.1, 0.15) is 11.2 Å². The fourth-order valence-electron chi connectivity index (χ4n) is 5.93. The van der Waals surface area contributed by atoms with Gasteiger partial charge in [0.25, 0.3) is 0 Å². The fourth-order valence-corrected chi connectivity index (χ4v) is 5.93. The van der Waals surface area contributed by atoms with E-state index in [9.17, 15) is 0 Å². The van der Waals surface area contributed by atoms with E-state index in [0.29, 0.717) is 16.7 Å². The first-order valence-electron chi connectivity index (χ1n) is 15.5. The minimum atomic E-state index is -0.409. The van der Waals surface area contributed by atoms with Crippen LogP contribution in [0.1, 0.15) is 6.85 Å². The van der Waals surface area contributed by atoms with Gasteiger partial charge in [0, 0.05) is 10.8 Å². The molecule has 39 heavy (non-hydrogen) atoms. The average molecular weight is 502 g/mol. The van der Waals surface area contributed by atoms with Crippen molar-refractivity contribution in [3.63, 3.8) is 0 Å². The Kier molecular flexibility index (Phi) is 3.89. The second-order valence-corrected chi connectivity index (χ2v) is 9.70. The van der Waals surface area contributed by atoms with Gasteiger partial charge in [-0.25, -0.2) is 0 Å². The summed E-state index contributed by atoms with van der Waals surface area (Å²) in [5.41, 5.74) is 6.43. The molecule has 1 aromatic heterocycles. The molecule has 0 N–H and O–H groups in total. The van der Waals surface area contributed by atoms with Gasteiger partial charge < -0.3 is 4.42 Å². The van der Waals surface area contributed by atoms with Crippen LogP contribution < -0.4 is 0 Å². The molecule has 0 atom stereocenters. The quantitative estimate of drug-likeness (QED) is 0.219. The molecule has 0 aliphatic rings. The van der Waals surface area contributed by atoms with E-state index in [2.05, 4.69) is 84.9 Å². The standard InChI is InChI=1S/C38H24O/c1-3-12-25(13-4-1)28-20-11-21-35-38(28)33-24-27(22-23-34(33)39-35)37-31-18-9-7-16-29(31)36(26-14-5-2-6-15-26)30-17-8-10-19-32(30)37/h1-24H/i1D,3D,4D,12D,13D. The van der Waals surface area contributed by atoms with Gasteiger partial charge >= 0.3 is 0 Å². The van der Waals surface area contributed by atoms with Crippen LogP contribution in [-0.2, 0) is 0 Å². The second kappa shape index (κ2) is 8.72. The van der Waals surface area contributed by atoms with Crippen LogP contribution >= 0.6 is 0 Å². The Labute approximate surface area is 233 Å². The number of hydrogen-bond donors (Lipinski definition) is 0. The molecule has 0 spiro atoms. The fraction of sp³-hybridized carbons (Fsp3) is 0. The van der Waals surface area contributed by atoms with Gasteiger partial charge in [-0.2, -0.15) is 0 Å². The van der Waals surface area contributed by atoms with Crippen LogP contribution in [0, 0.1) is 0 Å². The molecule has 1 heterocycles. The van der Waals surface area contributed by atoms with Crippen molar-refractivity contribution >= 4 is 43.5 Å². The summed E-state index contributed by atoms with van der Waals surface area (Å²) in [6.45, 7) is 0. The zero-order valence-corrected chi connectivity index (χ0v) is 20.9. The third kappa shape index (κ3) is 3.41. The summed E-state index contributed by atoms with van der Waals surface area (Å²) < 4.78 is 48.2. The lowest BCUT2D eigenvalue weighted by Crippen LogP contribution is -1.90. The topological polar surface area (TPSA) is 13.1 Å². The summed E-state index contributed by atoms with van der Waals surface area (Å²) in [6, 6.07) is 37.4. The van der Waals surface area contributed by atoms with Crippen molar-refractivity contribution in [1.82, 2.24) is 0 Å². The SMILES string of the molecule is [2H]c1c([2H])c([2H])c(-c2cccc3oc4ccc(-c5c6ccccc6c(-c6ccccc6)c6ccccc56)cc4c23)c([2H])c1[2H]. The predicted molar refractivity (Wildman–Crippen MR) is 165 cm³/mol. The number of furan rings is 1. The van der Waals surface area contributed by atoms with Gasteiger partial charge in [-0.1, -0.05) is 127 Å². The number of rotatable bonds is 3. The summed E-state index contributed by atoms with van der Waals surface area (Å²) in [5.74, 6) is 0. The molecule has 1 nitrogen and oxygen atoms in total. The van der Waals surface area contributed by atoms with Crippen molar-refractivity contribution in [3.05, 3.63) is 145 Å². The third-order valence-electron chi connectivity index (χ3n) is 7.55. The Hall–Kier alpha value is -5.14. The molecular weight excluding hydrogens is 472 g/mol. The van der Waals surface area contributed by atoms with Crippen LogP contribution in [-0.4, -0.2) is 0 Å². The Bertz CT molecular complexity index is 2360. The molecule has 0 aliphatic carbocycles. The Morgan fingerprint density at radius 1 is 0.436 bits per heavy atom. The number of fused-ring (bicyclic) bond motifs is 5. The zero-order chi connectivity index (χ0) is 30.1. The lowest BCUT2D eigenvalue weighted by atomic mass is 9.85. The summed E-state index contributed by atoms with van der Waals surface area (Å²) in [6.07, 6.45) is 0. The summed E-state index contributed by atoms with van der Waals surface area (Å²) in [5, 5.41) is 6.11. The molecule has 0 unspecified atom stereocenters. The molecule has 7 aromatic carbocycles. The monoisotopic (exact) mass is 501 g/mol.